The summed E-state index contributed by atoms with van der Waals surface area (Å²) in [5.41, 5.74) is 0.502. The molecule has 1 aromatic rings. The van der Waals surface area contributed by atoms with Crippen LogP contribution >= 0.6 is 0 Å². The Bertz CT molecular complexity index is 411. The van der Waals surface area contributed by atoms with E-state index in [1.807, 2.05) is 6.07 Å². The summed E-state index contributed by atoms with van der Waals surface area (Å²) in [6.45, 7) is 0. The highest BCUT2D eigenvalue weighted by atomic mass is 16.2. The quantitative estimate of drug-likeness (QED) is 0.628. The highest BCUT2D eigenvalue weighted by molar-refractivity contribution is 6.51. The van der Waals surface area contributed by atoms with E-state index in [0.717, 1.165) is 0 Å². The van der Waals surface area contributed by atoms with Gasteiger partial charge in [0.05, 0.1) is 0 Å². The van der Waals surface area contributed by atoms with Gasteiger partial charge < -0.3 is 0 Å². The maximum atomic E-state index is 11.3. The number of benzene rings is 1. The molecule has 70 valence electrons. The lowest BCUT2D eigenvalue weighted by atomic mass is 9.96. The van der Waals surface area contributed by atoms with Crippen molar-refractivity contribution in [1.29, 1.82) is 5.41 Å². The van der Waals surface area contributed by atoms with E-state index in [1.54, 1.807) is 24.3 Å². The zero-order valence-corrected chi connectivity index (χ0v) is 7.28. The molecule has 0 radical (unpaired) electrons. The minimum Gasteiger partial charge on any atom is -0.299 e. The van der Waals surface area contributed by atoms with Gasteiger partial charge in [0, 0.05) is 0 Å². The average molecular weight is 188 g/mol. The van der Waals surface area contributed by atoms with E-state index in [2.05, 4.69) is 5.32 Å². The first kappa shape index (κ1) is 8.62. The third-order valence-corrected chi connectivity index (χ3v) is 2.17. The van der Waals surface area contributed by atoms with Crippen molar-refractivity contribution in [2.75, 3.05) is 0 Å². The number of hydrogen-bond donors (Lipinski definition) is 2. The lowest BCUT2D eigenvalue weighted by Crippen LogP contribution is -2.21. The molecule has 1 aliphatic heterocycles. The van der Waals surface area contributed by atoms with Gasteiger partial charge in [0.2, 0.25) is 5.91 Å². The molecular formula is C10H8N2O2. The second kappa shape index (κ2) is 3.06. The number of amides is 2. The van der Waals surface area contributed by atoms with Gasteiger partial charge in [-0.05, 0) is 5.56 Å². The van der Waals surface area contributed by atoms with Crippen molar-refractivity contribution in [1.82, 2.24) is 5.32 Å². The van der Waals surface area contributed by atoms with Gasteiger partial charge in [0.15, 0.2) is 0 Å². The first-order chi connectivity index (χ1) is 6.70. The maximum absolute atomic E-state index is 11.3. The molecule has 1 aliphatic rings. The molecule has 1 aromatic carbocycles. The van der Waals surface area contributed by atoms with Crippen LogP contribution in [0.5, 0.6) is 0 Å². The van der Waals surface area contributed by atoms with E-state index in [4.69, 9.17) is 5.41 Å². The van der Waals surface area contributed by atoms with Crippen LogP contribution in [0.3, 0.4) is 0 Å². The van der Waals surface area contributed by atoms with Gasteiger partial charge in [-0.2, -0.15) is 0 Å². The Balaban J connectivity index is 2.41. The molecule has 0 saturated carbocycles. The van der Waals surface area contributed by atoms with E-state index in [-0.39, 0.29) is 5.71 Å². The number of nitrogens with one attached hydrogen (secondary N) is 2. The highest BCUT2D eigenvalue weighted by Gasteiger charge is 2.37. The van der Waals surface area contributed by atoms with Gasteiger partial charge in [-0.1, -0.05) is 30.3 Å². The van der Waals surface area contributed by atoms with Crippen LogP contribution in [0.1, 0.15) is 11.5 Å². The van der Waals surface area contributed by atoms with Crippen LogP contribution in [0.4, 0.5) is 0 Å². The third-order valence-electron chi connectivity index (χ3n) is 2.17. The molecule has 4 nitrogen and oxygen atoms in total. The summed E-state index contributed by atoms with van der Waals surface area (Å²) in [6, 6.07) is 8.84. The molecule has 0 aromatic heterocycles. The fraction of sp³-hybridized carbons (Fsp3) is 0.100. The predicted octanol–water partition coefficient (Wildman–Crippen LogP) is 0.446. The van der Waals surface area contributed by atoms with Crippen LogP contribution in [-0.2, 0) is 9.59 Å². The molecule has 1 fully saturated rings. The molecule has 1 saturated heterocycles. The third kappa shape index (κ3) is 1.21. The van der Waals surface area contributed by atoms with Gasteiger partial charge in [-0.25, -0.2) is 0 Å². The van der Waals surface area contributed by atoms with Crippen molar-refractivity contribution < 1.29 is 9.59 Å². The Kier molecular flexibility index (Phi) is 1.89. The Morgan fingerprint density at radius 3 is 2.29 bits per heavy atom. The van der Waals surface area contributed by atoms with E-state index in [0.29, 0.717) is 5.56 Å². The zero-order valence-electron chi connectivity index (χ0n) is 7.28. The van der Waals surface area contributed by atoms with Crippen molar-refractivity contribution in [3.05, 3.63) is 35.9 Å². The Morgan fingerprint density at radius 1 is 1.14 bits per heavy atom. The summed E-state index contributed by atoms with van der Waals surface area (Å²) >= 11 is 0. The molecular weight excluding hydrogens is 180 g/mol. The molecule has 0 aliphatic carbocycles. The number of carbonyl (C=O) groups is 2. The van der Waals surface area contributed by atoms with Crippen LogP contribution in [-0.4, -0.2) is 17.5 Å². The maximum Gasteiger partial charge on any atom is 0.272 e. The van der Waals surface area contributed by atoms with Crippen LogP contribution in [0.25, 0.3) is 0 Å². The average Bonchev–Trinajstić information content (AvgIpc) is 2.43. The van der Waals surface area contributed by atoms with Gasteiger partial charge in [0.25, 0.3) is 5.91 Å². The summed E-state index contributed by atoms with van der Waals surface area (Å²) in [6.07, 6.45) is 0. The molecule has 0 bridgehead atoms. The zero-order chi connectivity index (χ0) is 10.1. The van der Waals surface area contributed by atoms with Crippen LogP contribution < -0.4 is 5.32 Å². The van der Waals surface area contributed by atoms with Crippen molar-refractivity contribution in [2.24, 2.45) is 0 Å². The minimum atomic E-state index is -0.733. The molecule has 4 heteroatoms. The highest BCUT2D eigenvalue weighted by Crippen LogP contribution is 2.20. The molecule has 0 unspecified atom stereocenters. The molecule has 0 spiro atoms. The van der Waals surface area contributed by atoms with Crippen molar-refractivity contribution >= 4 is 17.5 Å². The fourth-order valence-electron chi connectivity index (χ4n) is 1.48. The standard InChI is InChI=1S/C10H8N2O2/c11-8-7(9(13)12-10(8)14)6-4-2-1-3-5-6/h1-5,7,11H,(H,12,13,14)/t7-/m0/s1. The van der Waals surface area contributed by atoms with E-state index >= 15 is 0 Å². The van der Waals surface area contributed by atoms with Crippen molar-refractivity contribution in [3.8, 4) is 0 Å². The van der Waals surface area contributed by atoms with Crippen molar-refractivity contribution in [3.63, 3.8) is 0 Å². The number of imide groups is 1. The van der Waals surface area contributed by atoms with Gasteiger partial charge in [-0.3, -0.25) is 20.3 Å². The molecule has 2 N–H and O–H groups in total. The Hall–Kier alpha value is -1.97. The lowest BCUT2D eigenvalue weighted by Gasteiger charge is -2.04. The second-order valence-electron chi connectivity index (χ2n) is 3.08. The smallest absolute Gasteiger partial charge is 0.272 e. The fourth-order valence-corrected chi connectivity index (χ4v) is 1.48. The topological polar surface area (TPSA) is 70.0 Å². The molecule has 1 heterocycles. The first-order valence-electron chi connectivity index (χ1n) is 4.18. The molecule has 1 atom stereocenters. The Labute approximate surface area is 80.4 Å². The normalized spacial score (nSPS) is 21.1. The second-order valence-corrected chi connectivity index (χ2v) is 3.08. The summed E-state index contributed by atoms with van der Waals surface area (Å²) in [4.78, 5) is 22.3. The summed E-state index contributed by atoms with van der Waals surface area (Å²) in [5, 5.41) is 9.56. The number of hydrogen-bond acceptors (Lipinski definition) is 3. The summed E-state index contributed by atoms with van der Waals surface area (Å²) < 4.78 is 0. The SMILES string of the molecule is N=C1C(=O)NC(=O)[C@H]1c1ccccc1. The van der Waals surface area contributed by atoms with E-state index in [9.17, 15) is 9.59 Å². The Morgan fingerprint density at radius 2 is 1.79 bits per heavy atom. The lowest BCUT2D eigenvalue weighted by molar-refractivity contribution is -0.124. The van der Waals surface area contributed by atoms with E-state index in [1.165, 1.54) is 0 Å². The molecule has 2 amide bonds. The summed E-state index contributed by atoms with van der Waals surface area (Å²) in [7, 11) is 0. The predicted molar refractivity (Wildman–Crippen MR) is 50.1 cm³/mol. The van der Waals surface area contributed by atoms with Gasteiger partial charge in [-0.15, -0.1) is 0 Å². The summed E-state index contributed by atoms with van der Waals surface area (Å²) in [5.74, 6) is -1.74. The monoisotopic (exact) mass is 188 g/mol. The largest absolute Gasteiger partial charge is 0.299 e. The molecule has 2 rings (SSSR count). The number of carbonyl (C=O) groups excluding carboxylic acids is 2. The van der Waals surface area contributed by atoms with Crippen LogP contribution in [0.15, 0.2) is 30.3 Å². The van der Waals surface area contributed by atoms with Crippen molar-refractivity contribution in [2.45, 2.75) is 5.92 Å². The van der Waals surface area contributed by atoms with Gasteiger partial charge in [0.1, 0.15) is 11.6 Å². The van der Waals surface area contributed by atoms with Crippen LogP contribution in [0, 0.1) is 5.41 Å². The minimum absolute atomic E-state index is 0.179. The van der Waals surface area contributed by atoms with Crippen LogP contribution in [0.2, 0.25) is 0 Å². The first-order valence-corrected chi connectivity index (χ1v) is 4.18. The van der Waals surface area contributed by atoms with Gasteiger partial charge >= 0.3 is 0 Å². The van der Waals surface area contributed by atoms with E-state index < -0.39 is 17.7 Å². The molecule has 14 heavy (non-hydrogen) atoms. The number of rotatable bonds is 1.